The lowest BCUT2D eigenvalue weighted by Crippen LogP contribution is -2.53. The van der Waals surface area contributed by atoms with Crippen molar-refractivity contribution in [2.24, 2.45) is 0 Å². The van der Waals surface area contributed by atoms with Crippen LogP contribution in [0.15, 0.2) is 41.0 Å². The number of amides is 5. The third kappa shape index (κ3) is 3.93. The van der Waals surface area contributed by atoms with Crippen LogP contribution in [0.4, 0.5) is 4.79 Å². The van der Waals surface area contributed by atoms with Crippen molar-refractivity contribution in [3.8, 4) is 0 Å². The Labute approximate surface area is 193 Å². The molecule has 1 aromatic heterocycles. The number of rotatable bonds is 4. The summed E-state index contributed by atoms with van der Waals surface area (Å²) in [7, 11) is 0. The summed E-state index contributed by atoms with van der Waals surface area (Å²) in [4.78, 5) is 54.8. The first kappa shape index (κ1) is 22.2. The zero-order chi connectivity index (χ0) is 23.0. The van der Waals surface area contributed by atoms with Gasteiger partial charge in [-0.15, -0.1) is 0 Å². The molecule has 1 aromatic carbocycles. The highest BCUT2D eigenvalue weighted by molar-refractivity contribution is 6.35. The molecule has 4 rings (SSSR count). The molecule has 11 heteroatoms. The number of hydrogen-bond acceptors (Lipinski definition) is 5. The van der Waals surface area contributed by atoms with Crippen molar-refractivity contribution in [1.29, 1.82) is 0 Å². The number of urea groups is 1. The Hall–Kier alpha value is -3.04. The molecule has 168 valence electrons. The molecule has 32 heavy (non-hydrogen) atoms. The van der Waals surface area contributed by atoms with Crippen molar-refractivity contribution in [2.45, 2.75) is 12.5 Å². The molecule has 1 unspecified atom stereocenters. The summed E-state index contributed by atoms with van der Waals surface area (Å²) in [6.07, 6.45) is 1.43. The van der Waals surface area contributed by atoms with Gasteiger partial charge >= 0.3 is 6.03 Å². The molecule has 2 saturated heterocycles. The maximum absolute atomic E-state index is 13.1. The van der Waals surface area contributed by atoms with Gasteiger partial charge in [0.1, 0.15) is 12.1 Å². The van der Waals surface area contributed by atoms with Gasteiger partial charge in [0, 0.05) is 41.8 Å². The molecule has 0 bridgehead atoms. The predicted molar refractivity (Wildman–Crippen MR) is 115 cm³/mol. The molecule has 1 atom stereocenters. The molecule has 0 saturated carbocycles. The summed E-state index contributed by atoms with van der Waals surface area (Å²) in [6.45, 7) is 2.35. The van der Waals surface area contributed by atoms with Crippen molar-refractivity contribution in [2.75, 3.05) is 32.7 Å². The summed E-state index contributed by atoms with van der Waals surface area (Å²) in [5.74, 6) is -0.965. The zero-order valence-electron chi connectivity index (χ0n) is 17.1. The molecule has 0 spiro atoms. The Morgan fingerprint density at radius 2 is 1.78 bits per heavy atom. The molecule has 0 radical (unpaired) electrons. The Kier molecular flexibility index (Phi) is 5.87. The Bertz CT molecular complexity index is 1080. The van der Waals surface area contributed by atoms with E-state index in [0.29, 0.717) is 23.7 Å². The van der Waals surface area contributed by atoms with E-state index in [9.17, 15) is 19.2 Å². The second-order valence-corrected chi connectivity index (χ2v) is 8.56. The first-order chi connectivity index (χ1) is 15.2. The van der Waals surface area contributed by atoms with E-state index in [1.165, 1.54) is 24.2 Å². The second kappa shape index (κ2) is 8.48. The fourth-order valence-corrected chi connectivity index (χ4v) is 4.47. The highest BCUT2D eigenvalue weighted by Crippen LogP contribution is 2.35. The lowest BCUT2D eigenvalue weighted by Gasteiger charge is -2.34. The van der Waals surface area contributed by atoms with Gasteiger partial charge in [-0.3, -0.25) is 19.3 Å². The van der Waals surface area contributed by atoms with E-state index in [4.69, 9.17) is 27.6 Å². The number of nitrogens with zero attached hydrogens (tertiary/aromatic N) is 3. The summed E-state index contributed by atoms with van der Waals surface area (Å²) in [5.41, 5.74) is -1.02. The monoisotopic (exact) mass is 478 g/mol. The molecule has 2 aromatic rings. The van der Waals surface area contributed by atoms with Crippen molar-refractivity contribution >= 4 is 47.0 Å². The standard InChI is InChI=1S/C21H20Cl2N4O5/c1-21(14-5-4-13(22)11-15(14)23)19(30)27(20(31)24-21)12-17(28)25-6-8-26(9-7-25)18(29)16-3-2-10-32-16/h2-5,10-11H,6-9,12H2,1H3,(H,24,31). The Morgan fingerprint density at radius 1 is 1.09 bits per heavy atom. The van der Waals surface area contributed by atoms with Crippen LogP contribution in [0.5, 0.6) is 0 Å². The van der Waals surface area contributed by atoms with Crippen LogP contribution in [0.3, 0.4) is 0 Å². The van der Waals surface area contributed by atoms with E-state index in [1.807, 2.05) is 0 Å². The molecule has 2 fully saturated rings. The van der Waals surface area contributed by atoms with Crippen LogP contribution in [0.1, 0.15) is 23.0 Å². The average Bonchev–Trinajstić information content (AvgIpc) is 3.37. The topological polar surface area (TPSA) is 103 Å². The van der Waals surface area contributed by atoms with Gasteiger partial charge < -0.3 is 19.5 Å². The summed E-state index contributed by atoms with van der Waals surface area (Å²) in [6, 6.07) is 7.18. The number of benzene rings is 1. The first-order valence-corrected chi connectivity index (χ1v) is 10.7. The van der Waals surface area contributed by atoms with E-state index in [2.05, 4.69) is 5.32 Å². The van der Waals surface area contributed by atoms with Crippen molar-refractivity contribution in [3.63, 3.8) is 0 Å². The van der Waals surface area contributed by atoms with Crippen molar-refractivity contribution in [1.82, 2.24) is 20.0 Å². The van der Waals surface area contributed by atoms with Crippen LogP contribution in [0.2, 0.25) is 10.0 Å². The van der Waals surface area contributed by atoms with Crippen LogP contribution >= 0.6 is 23.2 Å². The van der Waals surface area contributed by atoms with Gasteiger partial charge in [0.05, 0.1) is 6.26 Å². The molecule has 5 amide bonds. The van der Waals surface area contributed by atoms with Crippen molar-refractivity contribution in [3.05, 3.63) is 58.0 Å². The lowest BCUT2D eigenvalue weighted by atomic mass is 9.92. The minimum atomic E-state index is -1.41. The molecule has 9 nitrogen and oxygen atoms in total. The minimum Gasteiger partial charge on any atom is -0.459 e. The summed E-state index contributed by atoms with van der Waals surface area (Å²) >= 11 is 12.2. The maximum Gasteiger partial charge on any atom is 0.325 e. The predicted octanol–water partition coefficient (Wildman–Crippen LogP) is 2.34. The normalized spacial score (nSPS) is 21.2. The van der Waals surface area contributed by atoms with Gasteiger partial charge in [-0.25, -0.2) is 4.79 Å². The average molecular weight is 479 g/mol. The molecule has 1 N–H and O–H groups in total. The molecule has 0 aliphatic carbocycles. The van der Waals surface area contributed by atoms with Crippen LogP contribution in [0, 0.1) is 0 Å². The number of imide groups is 1. The van der Waals surface area contributed by atoms with Gasteiger partial charge in [-0.2, -0.15) is 0 Å². The van der Waals surface area contributed by atoms with Gasteiger partial charge in [-0.1, -0.05) is 29.3 Å². The van der Waals surface area contributed by atoms with Gasteiger partial charge in [0.15, 0.2) is 5.76 Å². The quantitative estimate of drug-likeness (QED) is 0.679. The molecular formula is C21H20Cl2N4O5. The zero-order valence-corrected chi connectivity index (χ0v) is 18.7. The third-order valence-electron chi connectivity index (χ3n) is 5.69. The fraction of sp³-hybridized carbons (Fsp3) is 0.333. The number of carbonyl (C=O) groups is 4. The lowest BCUT2D eigenvalue weighted by molar-refractivity contribution is -0.139. The number of hydrogen-bond donors (Lipinski definition) is 1. The number of nitrogens with one attached hydrogen (secondary N) is 1. The largest absolute Gasteiger partial charge is 0.459 e. The van der Waals surface area contributed by atoms with E-state index in [0.717, 1.165) is 4.90 Å². The van der Waals surface area contributed by atoms with Crippen LogP contribution in [-0.4, -0.2) is 71.2 Å². The van der Waals surface area contributed by atoms with E-state index in [1.54, 1.807) is 29.2 Å². The van der Waals surface area contributed by atoms with E-state index < -0.39 is 24.0 Å². The highest BCUT2D eigenvalue weighted by atomic mass is 35.5. The van der Waals surface area contributed by atoms with Gasteiger partial charge in [0.2, 0.25) is 5.91 Å². The molecule has 2 aliphatic rings. The number of halogens is 2. The number of furan rings is 1. The second-order valence-electron chi connectivity index (χ2n) is 7.72. The highest BCUT2D eigenvalue weighted by Gasteiger charge is 2.50. The Balaban J connectivity index is 1.40. The minimum absolute atomic E-state index is 0.235. The molecule has 2 aliphatic heterocycles. The first-order valence-electron chi connectivity index (χ1n) is 9.91. The third-order valence-corrected chi connectivity index (χ3v) is 6.24. The van der Waals surface area contributed by atoms with E-state index in [-0.39, 0.29) is 35.7 Å². The number of piperazine rings is 1. The smallest absolute Gasteiger partial charge is 0.325 e. The fourth-order valence-electron chi connectivity index (χ4n) is 3.87. The molecular weight excluding hydrogens is 459 g/mol. The van der Waals surface area contributed by atoms with Crippen LogP contribution < -0.4 is 5.32 Å². The molecule has 3 heterocycles. The van der Waals surface area contributed by atoms with Gasteiger partial charge in [-0.05, 0) is 31.2 Å². The van der Waals surface area contributed by atoms with Gasteiger partial charge in [0.25, 0.3) is 11.8 Å². The SMILES string of the molecule is CC1(c2ccc(Cl)cc2Cl)NC(=O)N(CC(=O)N2CCN(C(=O)c3ccco3)CC2)C1=O. The van der Waals surface area contributed by atoms with Crippen molar-refractivity contribution < 1.29 is 23.6 Å². The Morgan fingerprint density at radius 3 is 2.41 bits per heavy atom. The summed E-state index contributed by atoms with van der Waals surface area (Å²) in [5, 5.41) is 3.26. The van der Waals surface area contributed by atoms with E-state index >= 15 is 0 Å². The summed E-state index contributed by atoms with van der Waals surface area (Å²) < 4.78 is 5.13. The number of carbonyl (C=O) groups excluding carboxylic acids is 4. The maximum atomic E-state index is 13.1. The van der Waals surface area contributed by atoms with Crippen LogP contribution in [0.25, 0.3) is 0 Å². The van der Waals surface area contributed by atoms with Crippen LogP contribution in [-0.2, 0) is 15.1 Å².